The number of benzene rings is 1. The summed E-state index contributed by atoms with van der Waals surface area (Å²) in [6, 6.07) is 7.75. The highest BCUT2D eigenvalue weighted by molar-refractivity contribution is 5.76. The third-order valence-electron chi connectivity index (χ3n) is 4.43. The zero-order valence-corrected chi connectivity index (χ0v) is 33.2. The van der Waals surface area contributed by atoms with Gasteiger partial charge in [-0.2, -0.15) is 0 Å². The van der Waals surface area contributed by atoms with Gasteiger partial charge < -0.3 is 60.9 Å². The molecule has 17 nitrogen and oxygen atoms in total. The van der Waals surface area contributed by atoms with Crippen LogP contribution in [0.15, 0.2) is 30.3 Å². The molecular weight excluding hydrogens is 686 g/mol. The number of phenols is 1. The van der Waals surface area contributed by atoms with Gasteiger partial charge in [0.15, 0.2) is 13.6 Å². The van der Waals surface area contributed by atoms with E-state index in [1.165, 1.54) is 0 Å². The third kappa shape index (κ3) is 48.1. The van der Waals surface area contributed by atoms with Crippen LogP contribution in [-0.4, -0.2) is 102 Å². The quantitative estimate of drug-likeness (QED) is 0.114. The van der Waals surface area contributed by atoms with Gasteiger partial charge in [-0.25, -0.2) is 4.79 Å². The first-order valence-corrected chi connectivity index (χ1v) is 16.6. The van der Waals surface area contributed by atoms with E-state index < -0.39 is 37.2 Å². The van der Waals surface area contributed by atoms with Gasteiger partial charge in [0.2, 0.25) is 0 Å². The summed E-state index contributed by atoms with van der Waals surface area (Å²) in [5, 5.41) is 24.8. The average Bonchev–Trinajstić information content (AvgIpc) is 3.01. The first-order chi connectivity index (χ1) is 23.8. The molecule has 2 unspecified atom stereocenters. The van der Waals surface area contributed by atoms with Gasteiger partial charge in [0.25, 0.3) is 0 Å². The number of hydrogen-bond donors (Lipinski definition) is 6. The number of esters is 4. The van der Waals surface area contributed by atoms with Gasteiger partial charge in [-0.1, -0.05) is 25.1 Å². The number of hydrogen-bond acceptors (Lipinski definition) is 17. The first kappa shape index (κ1) is 57.3. The number of aliphatic hydroxyl groups excluding tert-OH is 2. The Balaban J connectivity index is -0.000000170. The van der Waals surface area contributed by atoms with Crippen LogP contribution in [0.25, 0.3) is 0 Å². The second-order valence-corrected chi connectivity index (χ2v) is 12.4. The lowest BCUT2D eigenvalue weighted by Crippen LogP contribution is -2.32. The van der Waals surface area contributed by atoms with E-state index in [4.69, 9.17) is 42.0 Å². The number of para-hydroxylation sites is 1. The van der Waals surface area contributed by atoms with E-state index in [1.54, 1.807) is 107 Å². The Morgan fingerprint density at radius 1 is 0.673 bits per heavy atom. The highest BCUT2D eigenvalue weighted by Gasteiger charge is 2.22. The van der Waals surface area contributed by atoms with Crippen molar-refractivity contribution in [2.45, 2.75) is 133 Å². The van der Waals surface area contributed by atoms with Crippen molar-refractivity contribution >= 4 is 30.0 Å². The minimum absolute atomic E-state index is 0.0296. The van der Waals surface area contributed by atoms with Crippen LogP contribution in [0.5, 0.6) is 5.75 Å². The fourth-order valence-electron chi connectivity index (χ4n) is 2.12. The number of carbonyl (C=O) groups excluding carboxylic acids is 5. The molecular formula is C35H67N3O14. The molecule has 1 rings (SSSR count). The molecule has 1 aromatic rings. The Bertz CT molecular complexity index is 1050. The molecule has 0 aliphatic rings. The number of nitrogens with two attached hydrogens (primary N) is 3. The van der Waals surface area contributed by atoms with Crippen molar-refractivity contribution < 1.29 is 67.7 Å². The maximum atomic E-state index is 10.8. The molecule has 0 heterocycles. The Morgan fingerprint density at radius 3 is 1.29 bits per heavy atom. The third-order valence-corrected chi connectivity index (χ3v) is 4.43. The van der Waals surface area contributed by atoms with Crippen LogP contribution in [0.2, 0.25) is 0 Å². The van der Waals surface area contributed by atoms with Gasteiger partial charge in [0, 0.05) is 0 Å². The van der Waals surface area contributed by atoms with E-state index in [9.17, 15) is 24.0 Å². The molecule has 0 saturated heterocycles. The van der Waals surface area contributed by atoms with Gasteiger partial charge in [-0.15, -0.1) is 0 Å². The van der Waals surface area contributed by atoms with Gasteiger partial charge in [-0.3, -0.25) is 19.2 Å². The zero-order chi connectivity index (χ0) is 42.0. The van der Waals surface area contributed by atoms with Crippen molar-refractivity contribution in [3.8, 4) is 5.75 Å². The van der Waals surface area contributed by atoms with Gasteiger partial charge in [-0.05, 0) is 102 Å². The van der Waals surface area contributed by atoms with Crippen molar-refractivity contribution in [1.29, 1.82) is 0 Å². The molecule has 0 bridgehead atoms. The summed E-state index contributed by atoms with van der Waals surface area (Å²) in [5.74, 6) is -1.06. The van der Waals surface area contributed by atoms with Crippen LogP contribution < -0.4 is 17.2 Å². The number of phenolic OH excluding ortho intramolecular Hbond substituents is 1. The highest BCUT2D eigenvalue weighted by Crippen LogP contribution is 2.14. The van der Waals surface area contributed by atoms with Crippen molar-refractivity contribution in [3.63, 3.8) is 0 Å². The maximum Gasteiger partial charge on any atom is 0.510 e. The molecule has 0 aromatic heterocycles. The summed E-state index contributed by atoms with van der Waals surface area (Å²) in [6.07, 6.45) is -0.595. The maximum absolute atomic E-state index is 10.8. The molecule has 9 N–H and O–H groups in total. The summed E-state index contributed by atoms with van der Waals surface area (Å²) in [7, 11) is 0. The van der Waals surface area contributed by atoms with Gasteiger partial charge in [0.1, 0.15) is 17.8 Å². The Labute approximate surface area is 309 Å². The molecule has 0 radical (unpaired) electrons. The number of aliphatic hydroxyl groups is 2. The molecule has 0 spiro atoms. The van der Waals surface area contributed by atoms with E-state index in [0.29, 0.717) is 12.2 Å². The monoisotopic (exact) mass is 753 g/mol. The first-order valence-electron chi connectivity index (χ1n) is 16.6. The summed E-state index contributed by atoms with van der Waals surface area (Å²) in [6.45, 7) is 21.6. The lowest BCUT2D eigenvalue weighted by atomic mass is 9.98. The lowest BCUT2D eigenvalue weighted by Gasteiger charge is -2.14. The second-order valence-electron chi connectivity index (χ2n) is 12.4. The van der Waals surface area contributed by atoms with Crippen LogP contribution in [0.4, 0.5) is 4.79 Å². The normalized spacial score (nSPS) is 11.0. The van der Waals surface area contributed by atoms with Crippen molar-refractivity contribution in [2.75, 3.05) is 20.1 Å². The molecule has 17 heteroatoms. The largest absolute Gasteiger partial charge is 0.510 e. The molecule has 0 amide bonds. The van der Waals surface area contributed by atoms with E-state index in [2.05, 4.69) is 18.9 Å². The molecule has 306 valence electrons. The smallest absolute Gasteiger partial charge is 0.508 e. The predicted octanol–water partition coefficient (Wildman–Crippen LogP) is 3.27. The van der Waals surface area contributed by atoms with E-state index >= 15 is 0 Å². The molecule has 0 aliphatic carbocycles. The number of carbonyl (C=O) groups is 5. The van der Waals surface area contributed by atoms with Gasteiger partial charge >= 0.3 is 30.0 Å². The fraction of sp³-hybridized carbons (Fsp3) is 0.686. The average molecular weight is 754 g/mol. The summed E-state index contributed by atoms with van der Waals surface area (Å²) < 4.78 is 27.1. The van der Waals surface area contributed by atoms with Gasteiger partial charge in [0.05, 0.1) is 36.4 Å². The molecule has 52 heavy (non-hydrogen) atoms. The SMILES string of the molecule is CC(C)(C)C(=O)OCO.CC(C)OC(=O)C(C)N.CC(C)OC(=O)CN.CC(C)OC(=O)OCO.CCC(N)C(=O)OC(C)C.Oc1ccccc1. The summed E-state index contributed by atoms with van der Waals surface area (Å²) in [5.41, 5.74) is 15.0. The predicted molar refractivity (Wildman–Crippen MR) is 195 cm³/mol. The molecule has 0 saturated carbocycles. The van der Waals surface area contributed by atoms with E-state index in [-0.39, 0.29) is 54.8 Å². The Kier molecular flexibility index (Phi) is 39.0. The van der Waals surface area contributed by atoms with E-state index in [1.807, 2.05) is 13.0 Å². The van der Waals surface area contributed by atoms with Crippen LogP contribution in [0.1, 0.15) is 96.4 Å². The molecule has 2 atom stereocenters. The van der Waals surface area contributed by atoms with Crippen molar-refractivity contribution in [3.05, 3.63) is 30.3 Å². The number of rotatable bonds is 10. The van der Waals surface area contributed by atoms with Crippen molar-refractivity contribution in [1.82, 2.24) is 0 Å². The van der Waals surface area contributed by atoms with E-state index in [0.717, 1.165) is 0 Å². The lowest BCUT2D eigenvalue weighted by molar-refractivity contribution is -0.161. The molecule has 1 aromatic carbocycles. The minimum atomic E-state index is -0.840. The minimum Gasteiger partial charge on any atom is -0.508 e. The second kappa shape index (κ2) is 35.4. The topological polar surface area (TPSA) is 279 Å². The molecule has 0 aliphatic heterocycles. The zero-order valence-electron chi connectivity index (χ0n) is 33.2. The van der Waals surface area contributed by atoms with Crippen LogP contribution >= 0.6 is 0 Å². The summed E-state index contributed by atoms with van der Waals surface area (Å²) in [4.78, 5) is 52.6. The number of ether oxygens (including phenoxy) is 6. The van der Waals surface area contributed by atoms with Crippen LogP contribution in [-0.2, 0) is 47.6 Å². The Morgan fingerprint density at radius 2 is 1.08 bits per heavy atom. The summed E-state index contributed by atoms with van der Waals surface area (Å²) >= 11 is 0. The highest BCUT2D eigenvalue weighted by atomic mass is 16.8. The molecule has 0 fully saturated rings. The van der Waals surface area contributed by atoms with Crippen molar-refractivity contribution in [2.24, 2.45) is 22.6 Å². The number of aromatic hydroxyl groups is 1. The van der Waals surface area contributed by atoms with Crippen LogP contribution in [0.3, 0.4) is 0 Å². The standard InChI is InChI=1S/C7H15NO2.C6H13NO2.C6H12O3.C6H6O.C5H11NO2.C5H10O4/c1-4-6(8)7(9)10-5(2)3;1-4(2)9-6(8)5(3)7;1-6(2,3)5(8)9-4-7;7-6-4-2-1-3-5-6;1-4(2)8-5(7)3-6;1-4(2)9-5(7)8-3-6/h5-6H,4,8H2,1-3H3;4-5H,7H2,1-3H3;7H,4H2,1-3H3;1-5,7H;4H,3,6H2,1-2H3;4,6H,3H2,1-2H3. The Hall–Kier alpha value is -4.03. The fourth-order valence-corrected chi connectivity index (χ4v) is 2.12. The van der Waals surface area contributed by atoms with Crippen LogP contribution in [0, 0.1) is 5.41 Å².